The van der Waals surface area contributed by atoms with Gasteiger partial charge in [0.15, 0.2) is 5.69 Å². The number of nitrogens with zero attached hydrogens (tertiary/aromatic N) is 5. The molecule has 4 heterocycles. The zero-order chi connectivity index (χ0) is 24.3. The predicted molar refractivity (Wildman–Crippen MR) is 137 cm³/mol. The number of hydrogen-bond donors (Lipinski definition) is 1. The number of hydrogen-bond acceptors (Lipinski definition) is 6. The van der Waals surface area contributed by atoms with Crippen molar-refractivity contribution in [3.05, 3.63) is 51.5 Å². The smallest absolute Gasteiger partial charge is 0.355 e. The Bertz CT molecular complexity index is 1440. The fourth-order valence-electron chi connectivity index (χ4n) is 4.14. The van der Waals surface area contributed by atoms with Gasteiger partial charge >= 0.3 is 5.97 Å². The van der Waals surface area contributed by atoms with E-state index in [0.29, 0.717) is 32.4 Å². The molecular weight excluding hydrogens is 513 g/mol. The van der Waals surface area contributed by atoms with E-state index in [4.69, 9.17) is 28.2 Å². The van der Waals surface area contributed by atoms with E-state index in [-0.39, 0.29) is 10.9 Å². The molecule has 0 saturated carbocycles. The van der Waals surface area contributed by atoms with Crippen LogP contribution in [0.25, 0.3) is 27.5 Å². The fraction of sp³-hybridized carbons (Fsp3) is 0.304. The SMILES string of the molecule is Cc1nn(-c2nc3c(s2)SC(C)c2cc(Cl)c(Cl)cc2-3)c(C(=O)O)c1-c1cnn(CC(C)C)c1. The standard InChI is InChI=1S/C23H21Cl2N5O2S2/c1-10(2)8-29-9-13(7-26-29)18-11(3)28-30(20(18)21(31)32)23-27-19-15-6-17(25)16(24)5-14(15)12(4)33-22(19)34-23/h5-7,9-10,12H,8H2,1-4H3,(H,31,32). The summed E-state index contributed by atoms with van der Waals surface area (Å²) in [7, 11) is 0. The van der Waals surface area contributed by atoms with Gasteiger partial charge in [0.05, 0.1) is 31.8 Å². The van der Waals surface area contributed by atoms with E-state index >= 15 is 0 Å². The molecule has 34 heavy (non-hydrogen) atoms. The van der Waals surface area contributed by atoms with Gasteiger partial charge in [0, 0.05) is 34.7 Å². The first-order chi connectivity index (χ1) is 16.1. The highest BCUT2D eigenvalue weighted by Crippen LogP contribution is 2.53. The van der Waals surface area contributed by atoms with Gasteiger partial charge in [0.25, 0.3) is 0 Å². The third kappa shape index (κ3) is 3.94. The Morgan fingerprint density at radius 2 is 2.00 bits per heavy atom. The minimum Gasteiger partial charge on any atom is -0.476 e. The summed E-state index contributed by atoms with van der Waals surface area (Å²) in [4.78, 5) is 17.2. The zero-order valence-corrected chi connectivity index (χ0v) is 22.0. The maximum atomic E-state index is 12.4. The van der Waals surface area contributed by atoms with Crippen LogP contribution >= 0.6 is 46.3 Å². The van der Waals surface area contributed by atoms with Crippen molar-refractivity contribution < 1.29 is 9.90 Å². The summed E-state index contributed by atoms with van der Waals surface area (Å²) in [6, 6.07) is 3.71. The Morgan fingerprint density at radius 3 is 2.71 bits per heavy atom. The molecule has 0 aliphatic carbocycles. The molecule has 1 aliphatic heterocycles. The molecule has 1 aromatic carbocycles. The number of carboxylic acid groups (broad SMARTS) is 1. The number of aromatic carboxylic acids is 1. The quantitative estimate of drug-likeness (QED) is 0.297. The van der Waals surface area contributed by atoms with Gasteiger partial charge in [-0.3, -0.25) is 4.68 Å². The lowest BCUT2D eigenvalue weighted by Gasteiger charge is -2.21. The first kappa shape index (κ1) is 23.4. The largest absolute Gasteiger partial charge is 0.476 e. The molecule has 0 saturated heterocycles. The summed E-state index contributed by atoms with van der Waals surface area (Å²) in [5, 5.41) is 20.8. The molecule has 1 N–H and O–H groups in total. The number of aromatic nitrogens is 5. The summed E-state index contributed by atoms with van der Waals surface area (Å²) in [5.74, 6) is -0.653. The van der Waals surface area contributed by atoms with Crippen LogP contribution in [0.15, 0.2) is 28.7 Å². The minimum atomic E-state index is -1.07. The van der Waals surface area contributed by atoms with Crippen molar-refractivity contribution in [3.63, 3.8) is 0 Å². The molecule has 0 amide bonds. The first-order valence-corrected chi connectivity index (χ1v) is 13.1. The van der Waals surface area contributed by atoms with Gasteiger partial charge < -0.3 is 5.11 Å². The molecule has 7 nitrogen and oxygen atoms in total. The van der Waals surface area contributed by atoms with E-state index in [1.54, 1.807) is 24.9 Å². The molecule has 1 aliphatic rings. The lowest BCUT2D eigenvalue weighted by Crippen LogP contribution is -2.09. The average Bonchev–Trinajstić information content (AvgIpc) is 3.45. The van der Waals surface area contributed by atoms with Crippen LogP contribution in [0.5, 0.6) is 0 Å². The molecule has 5 rings (SSSR count). The van der Waals surface area contributed by atoms with Crippen molar-refractivity contribution in [2.24, 2.45) is 5.92 Å². The summed E-state index contributed by atoms with van der Waals surface area (Å²) in [5.41, 5.74) is 4.68. The Labute approximate surface area is 214 Å². The highest BCUT2D eigenvalue weighted by atomic mass is 35.5. The van der Waals surface area contributed by atoms with E-state index in [1.165, 1.54) is 16.0 Å². The molecule has 11 heteroatoms. The van der Waals surface area contributed by atoms with E-state index in [9.17, 15) is 9.90 Å². The van der Waals surface area contributed by atoms with E-state index in [2.05, 4.69) is 31.0 Å². The number of carbonyl (C=O) groups is 1. The number of benzene rings is 1. The van der Waals surface area contributed by atoms with Crippen LogP contribution in [0.2, 0.25) is 10.0 Å². The number of rotatable bonds is 5. The molecule has 4 aromatic rings. The van der Waals surface area contributed by atoms with Gasteiger partial charge in [-0.25, -0.2) is 9.78 Å². The van der Waals surface area contributed by atoms with Crippen LogP contribution in [0.1, 0.15) is 47.8 Å². The van der Waals surface area contributed by atoms with Crippen LogP contribution in [-0.2, 0) is 6.54 Å². The maximum Gasteiger partial charge on any atom is 0.355 e. The van der Waals surface area contributed by atoms with Crippen LogP contribution < -0.4 is 0 Å². The lowest BCUT2D eigenvalue weighted by atomic mass is 10.0. The van der Waals surface area contributed by atoms with Gasteiger partial charge in [-0.05, 0) is 37.5 Å². The van der Waals surface area contributed by atoms with E-state index < -0.39 is 5.97 Å². The Hall–Kier alpha value is -2.33. The van der Waals surface area contributed by atoms with Gasteiger partial charge in [-0.1, -0.05) is 48.4 Å². The second-order valence-corrected chi connectivity index (χ2v) is 12.0. The average molecular weight is 534 g/mol. The molecule has 0 radical (unpaired) electrons. The van der Waals surface area contributed by atoms with Gasteiger partial charge in [-0.15, -0.1) is 11.8 Å². The molecule has 0 bridgehead atoms. The van der Waals surface area contributed by atoms with Crippen molar-refractivity contribution in [1.29, 1.82) is 0 Å². The Morgan fingerprint density at radius 1 is 1.26 bits per heavy atom. The molecule has 0 fully saturated rings. The molecule has 176 valence electrons. The number of carboxylic acids is 1. The van der Waals surface area contributed by atoms with Crippen LogP contribution in [0.3, 0.4) is 0 Å². The topological polar surface area (TPSA) is 85.8 Å². The van der Waals surface area contributed by atoms with Crippen LogP contribution in [0, 0.1) is 12.8 Å². The van der Waals surface area contributed by atoms with Gasteiger partial charge in [-0.2, -0.15) is 14.9 Å². The Kier molecular flexibility index (Phi) is 6.00. The normalized spacial score (nSPS) is 15.0. The van der Waals surface area contributed by atoms with Crippen molar-refractivity contribution in [1.82, 2.24) is 24.5 Å². The summed E-state index contributed by atoms with van der Waals surface area (Å²) in [6.45, 7) is 8.87. The summed E-state index contributed by atoms with van der Waals surface area (Å²) in [6.07, 6.45) is 3.56. The number of aryl methyl sites for hydroxylation is 1. The summed E-state index contributed by atoms with van der Waals surface area (Å²) < 4.78 is 4.25. The van der Waals surface area contributed by atoms with Crippen molar-refractivity contribution in [2.75, 3.05) is 0 Å². The van der Waals surface area contributed by atoms with E-state index in [0.717, 1.165) is 33.1 Å². The number of thioether (sulfide) groups is 1. The zero-order valence-electron chi connectivity index (χ0n) is 18.8. The van der Waals surface area contributed by atoms with E-state index in [1.807, 2.05) is 23.0 Å². The molecule has 0 spiro atoms. The molecular formula is C23H21Cl2N5O2S2. The van der Waals surface area contributed by atoms with Crippen molar-refractivity contribution in [3.8, 4) is 27.5 Å². The molecule has 1 unspecified atom stereocenters. The molecule has 3 aromatic heterocycles. The first-order valence-electron chi connectivity index (χ1n) is 10.7. The lowest BCUT2D eigenvalue weighted by molar-refractivity contribution is 0.0688. The van der Waals surface area contributed by atoms with Crippen molar-refractivity contribution >= 4 is 52.3 Å². The van der Waals surface area contributed by atoms with Crippen molar-refractivity contribution in [2.45, 2.75) is 43.7 Å². The Balaban J connectivity index is 1.64. The fourth-order valence-corrected chi connectivity index (χ4v) is 7.01. The van der Waals surface area contributed by atoms with Crippen LogP contribution in [0.4, 0.5) is 0 Å². The third-order valence-electron chi connectivity index (χ3n) is 5.57. The highest BCUT2D eigenvalue weighted by Gasteiger charge is 2.31. The predicted octanol–water partition coefficient (Wildman–Crippen LogP) is 7.00. The molecule has 1 atom stereocenters. The number of fused-ring (bicyclic) bond motifs is 3. The number of halogens is 2. The second-order valence-electron chi connectivity index (χ2n) is 8.62. The number of thiazole rings is 1. The second kappa shape index (κ2) is 8.71. The van der Waals surface area contributed by atoms with Gasteiger partial charge in [0.1, 0.15) is 0 Å². The monoisotopic (exact) mass is 533 g/mol. The maximum absolute atomic E-state index is 12.4. The minimum absolute atomic E-state index is 0.0695. The van der Waals surface area contributed by atoms with Gasteiger partial charge in [0.2, 0.25) is 5.13 Å². The van der Waals surface area contributed by atoms with Crippen LogP contribution in [-0.4, -0.2) is 35.6 Å². The highest BCUT2D eigenvalue weighted by molar-refractivity contribution is 8.01. The third-order valence-corrected chi connectivity index (χ3v) is 8.67. The summed E-state index contributed by atoms with van der Waals surface area (Å²) >= 11 is 15.7.